The Bertz CT molecular complexity index is 660. The van der Waals surface area contributed by atoms with Gasteiger partial charge >= 0.3 is 6.09 Å². The maximum atomic E-state index is 12.7. The highest BCUT2D eigenvalue weighted by molar-refractivity contribution is 5.90. The summed E-state index contributed by atoms with van der Waals surface area (Å²) >= 11 is 0. The van der Waals surface area contributed by atoms with Gasteiger partial charge in [-0.1, -0.05) is 19.1 Å². The minimum absolute atomic E-state index is 0.237. The van der Waals surface area contributed by atoms with Crippen molar-refractivity contribution in [3.63, 3.8) is 0 Å². The molecule has 0 radical (unpaired) electrons. The number of rotatable bonds is 6. The van der Waals surface area contributed by atoms with Crippen molar-refractivity contribution in [1.82, 2.24) is 5.32 Å². The molecular formula is C20H32N4O2. The van der Waals surface area contributed by atoms with Gasteiger partial charge in [0.2, 0.25) is 0 Å². The van der Waals surface area contributed by atoms with E-state index in [1.54, 1.807) is 4.90 Å². The molecule has 6 nitrogen and oxygen atoms in total. The molecule has 0 aliphatic heterocycles. The van der Waals surface area contributed by atoms with E-state index in [1.165, 1.54) is 0 Å². The monoisotopic (exact) mass is 360 g/mol. The van der Waals surface area contributed by atoms with Crippen molar-refractivity contribution in [2.24, 2.45) is 10.7 Å². The Morgan fingerprint density at radius 3 is 2.62 bits per heavy atom. The van der Waals surface area contributed by atoms with Gasteiger partial charge in [0.25, 0.3) is 0 Å². The average Bonchev–Trinajstić information content (AvgIpc) is 3.36. The Hall–Kier alpha value is -2.24. The number of anilines is 1. The van der Waals surface area contributed by atoms with Crippen molar-refractivity contribution in [1.29, 1.82) is 0 Å². The van der Waals surface area contributed by atoms with Crippen LogP contribution in [0.1, 0.15) is 58.1 Å². The second kappa shape index (κ2) is 8.43. The number of nitrogens with one attached hydrogen (secondary N) is 1. The van der Waals surface area contributed by atoms with Crippen LogP contribution in [0.4, 0.5) is 10.5 Å². The fraction of sp³-hybridized carbons (Fsp3) is 0.600. The molecule has 26 heavy (non-hydrogen) atoms. The Balaban J connectivity index is 2.12. The fourth-order valence-electron chi connectivity index (χ4n) is 2.66. The number of hydrogen-bond donors (Lipinski definition) is 2. The highest BCUT2D eigenvalue weighted by Gasteiger charge is 2.37. The van der Waals surface area contributed by atoms with Crippen LogP contribution in [0.5, 0.6) is 0 Å². The van der Waals surface area contributed by atoms with Crippen molar-refractivity contribution in [3.8, 4) is 0 Å². The van der Waals surface area contributed by atoms with Crippen molar-refractivity contribution in [2.75, 3.05) is 11.4 Å². The van der Waals surface area contributed by atoms with Crippen molar-refractivity contribution in [2.45, 2.75) is 72.1 Å². The number of carbonyl (C=O) groups excluding carboxylic acids is 1. The van der Waals surface area contributed by atoms with E-state index in [0.29, 0.717) is 12.5 Å². The van der Waals surface area contributed by atoms with Crippen LogP contribution in [-0.4, -0.2) is 30.2 Å². The molecular weight excluding hydrogens is 328 g/mol. The Labute approximate surface area is 156 Å². The van der Waals surface area contributed by atoms with Crippen LogP contribution in [0.15, 0.2) is 23.2 Å². The van der Waals surface area contributed by atoms with E-state index in [4.69, 9.17) is 10.5 Å². The predicted octanol–water partition coefficient (Wildman–Crippen LogP) is 3.71. The summed E-state index contributed by atoms with van der Waals surface area (Å²) in [6.07, 6.45) is 2.77. The van der Waals surface area contributed by atoms with Crippen LogP contribution in [0, 0.1) is 6.92 Å². The molecule has 1 aliphatic rings. The standard InChI is InChI=1S/C20H32N4O2/c1-6-11-22-18(21)23-13-15-7-10-17(14(2)12-15)24(16-8-9-16)19(25)26-20(3,4)5/h7,10,12,16H,6,8-9,11,13H2,1-5H3,(H3,21,22,23). The summed E-state index contributed by atoms with van der Waals surface area (Å²) in [5.74, 6) is 0.460. The maximum absolute atomic E-state index is 12.7. The zero-order valence-corrected chi connectivity index (χ0v) is 16.6. The van der Waals surface area contributed by atoms with Crippen molar-refractivity contribution >= 4 is 17.7 Å². The molecule has 2 rings (SSSR count). The summed E-state index contributed by atoms with van der Waals surface area (Å²) in [5, 5.41) is 3.06. The smallest absolute Gasteiger partial charge is 0.415 e. The van der Waals surface area contributed by atoms with Gasteiger partial charge in [-0.2, -0.15) is 0 Å². The van der Waals surface area contributed by atoms with E-state index in [2.05, 4.69) is 23.3 Å². The van der Waals surface area contributed by atoms with E-state index in [-0.39, 0.29) is 12.1 Å². The summed E-state index contributed by atoms with van der Waals surface area (Å²) in [4.78, 5) is 18.8. The molecule has 0 bridgehead atoms. The molecule has 1 saturated carbocycles. The number of ether oxygens (including phenoxy) is 1. The lowest BCUT2D eigenvalue weighted by molar-refractivity contribution is 0.0577. The maximum Gasteiger partial charge on any atom is 0.415 e. The zero-order valence-electron chi connectivity index (χ0n) is 16.6. The molecule has 1 aromatic rings. The summed E-state index contributed by atoms with van der Waals surface area (Å²) < 4.78 is 5.60. The van der Waals surface area contributed by atoms with Gasteiger partial charge in [-0.05, 0) is 64.2 Å². The number of carbonyl (C=O) groups is 1. The number of nitrogens with two attached hydrogens (primary N) is 1. The van der Waals surface area contributed by atoms with Gasteiger partial charge in [0.05, 0.1) is 12.2 Å². The van der Waals surface area contributed by atoms with Gasteiger partial charge in [0, 0.05) is 12.6 Å². The third kappa shape index (κ3) is 5.93. The molecule has 0 unspecified atom stereocenters. The Kier molecular flexibility index (Phi) is 6.51. The van der Waals surface area contributed by atoms with Gasteiger partial charge in [0.1, 0.15) is 5.60 Å². The van der Waals surface area contributed by atoms with Crippen molar-refractivity contribution in [3.05, 3.63) is 29.3 Å². The molecule has 6 heteroatoms. The van der Waals surface area contributed by atoms with Gasteiger partial charge in [-0.15, -0.1) is 0 Å². The highest BCUT2D eigenvalue weighted by Crippen LogP contribution is 2.35. The van der Waals surface area contributed by atoms with Gasteiger partial charge in [0.15, 0.2) is 5.96 Å². The number of benzene rings is 1. The van der Waals surface area contributed by atoms with Crippen molar-refractivity contribution < 1.29 is 9.53 Å². The lowest BCUT2D eigenvalue weighted by Gasteiger charge is -2.28. The van der Waals surface area contributed by atoms with Crippen LogP contribution in [0.3, 0.4) is 0 Å². The molecule has 1 aromatic carbocycles. The first-order chi connectivity index (χ1) is 12.2. The summed E-state index contributed by atoms with van der Waals surface area (Å²) in [6.45, 7) is 11.1. The quantitative estimate of drug-likeness (QED) is 0.598. The Morgan fingerprint density at radius 2 is 2.08 bits per heavy atom. The largest absolute Gasteiger partial charge is 0.443 e. The third-order valence-corrected chi connectivity index (χ3v) is 4.01. The number of aryl methyl sites for hydroxylation is 1. The zero-order chi connectivity index (χ0) is 19.3. The number of guanidine groups is 1. The number of amides is 1. The number of nitrogens with zero attached hydrogens (tertiary/aromatic N) is 2. The lowest BCUT2D eigenvalue weighted by atomic mass is 10.1. The second-order valence-electron chi connectivity index (χ2n) is 7.83. The van der Waals surface area contributed by atoms with Crippen LogP contribution in [-0.2, 0) is 11.3 Å². The molecule has 0 saturated heterocycles. The predicted molar refractivity (Wildman–Crippen MR) is 107 cm³/mol. The fourth-order valence-corrected chi connectivity index (χ4v) is 2.66. The van der Waals surface area contributed by atoms with E-state index < -0.39 is 5.60 Å². The first kappa shape index (κ1) is 20.1. The number of aliphatic imine (C=N–C) groups is 1. The summed E-state index contributed by atoms with van der Waals surface area (Å²) in [6, 6.07) is 6.28. The van der Waals surface area contributed by atoms with E-state index in [1.807, 2.05) is 39.8 Å². The third-order valence-electron chi connectivity index (χ3n) is 4.01. The summed E-state index contributed by atoms with van der Waals surface area (Å²) in [5.41, 5.74) is 8.34. The molecule has 0 heterocycles. The SMILES string of the molecule is CCCNC(N)=NCc1ccc(N(C(=O)OC(C)(C)C)C2CC2)c(C)c1. The van der Waals surface area contributed by atoms with Gasteiger partial charge < -0.3 is 15.8 Å². The first-order valence-corrected chi connectivity index (χ1v) is 9.37. The van der Waals surface area contributed by atoms with Gasteiger partial charge in [-0.25, -0.2) is 9.79 Å². The van der Waals surface area contributed by atoms with Crippen LogP contribution in [0.2, 0.25) is 0 Å². The highest BCUT2D eigenvalue weighted by atomic mass is 16.6. The number of hydrogen-bond acceptors (Lipinski definition) is 3. The lowest BCUT2D eigenvalue weighted by Crippen LogP contribution is -2.38. The second-order valence-corrected chi connectivity index (χ2v) is 7.83. The molecule has 3 N–H and O–H groups in total. The van der Waals surface area contributed by atoms with E-state index >= 15 is 0 Å². The van der Waals surface area contributed by atoms with Crippen LogP contribution in [0.25, 0.3) is 0 Å². The van der Waals surface area contributed by atoms with Crippen LogP contribution < -0.4 is 16.0 Å². The minimum Gasteiger partial charge on any atom is -0.443 e. The van der Waals surface area contributed by atoms with Crippen LogP contribution >= 0.6 is 0 Å². The molecule has 1 aliphatic carbocycles. The summed E-state index contributed by atoms with van der Waals surface area (Å²) in [7, 11) is 0. The van der Waals surface area contributed by atoms with E-state index in [0.717, 1.165) is 42.6 Å². The first-order valence-electron chi connectivity index (χ1n) is 9.37. The molecule has 1 amide bonds. The molecule has 144 valence electrons. The molecule has 0 aromatic heterocycles. The normalized spacial score (nSPS) is 14.9. The molecule has 1 fully saturated rings. The molecule has 0 atom stereocenters. The topological polar surface area (TPSA) is 80.0 Å². The Morgan fingerprint density at radius 1 is 1.38 bits per heavy atom. The van der Waals surface area contributed by atoms with E-state index in [9.17, 15) is 4.79 Å². The van der Waals surface area contributed by atoms with Gasteiger partial charge in [-0.3, -0.25) is 4.90 Å². The minimum atomic E-state index is -0.504. The average molecular weight is 361 g/mol. The molecule has 0 spiro atoms.